The summed E-state index contributed by atoms with van der Waals surface area (Å²) in [5, 5.41) is 30.8. The second-order valence-electron chi connectivity index (χ2n) is 10.8. The molecule has 0 aromatic heterocycles. The Bertz CT molecular complexity index is 846. The molecule has 0 radical (unpaired) electrons. The number of carbonyl (C=O) groups is 6. The van der Waals surface area contributed by atoms with Gasteiger partial charge in [0, 0.05) is 75.2 Å². The summed E-state index contributed by atoms with van der Waals surface area (Å²) in [7, 11) is 3.04. The monoisotopic (exact) mass is 638 g/mol. The van der Waals surface area contributed by atoms with Crippen molar-refractivity contribution in [3.05, 3.63) is 0 Å². The molecule has 0 saturated heterocycles. The first-order valence-corrected chi connectivity index (χ1v) is 15.9. The van der Waals surface area contributed by atoms with Crippen molar-refractivity contribution in [2.75, 3.05) is 50.9 Å². The average molecular weight is 639 g/mol. The van der Waals surface area contributed by atoms with Gasteiger partial charge in [-0.2, -0.15) is 0 Å². The van der Waals surface area contributed by atoms with Gasteiger partial charge in [-0.3, -0.25) is 28.8 Å². The zero-order valence-electron chi connectivity index (χ0n) is 25.2. The third kappa shape index (κ3) is 18.1. The Kier molecular flexibility index (Phi) is 19.1. The lowest BCUT2D eigenvalue weighted by Crippen LogP contribution is -2.46. The van der Waals surface area contributed by atoms with Crippen molar-refractivity contribution in [3.63, 3.8) is 0 Å². The normalized spacial score (nSPS) is 12.9. The third-order valence-corrected chi connectivity index (χ3v) is 8.08. The molecule has 14 nitrogen and oxygen atoms in total. The molecule has 0 aromatic carbocycles. The van der Waals surface area contributed by atoms with Crippen LogP contribution in [-0.4, -0.2) is 109 Å². The molecule has 0 saturated carbocycles. The SMILES string of the molecule is CC(=O)OCC(C)(C)C(O)C(=O)NCCC(=O)NCCSSCCNC(=O)CCNC(=O)[C@H](O)C(C)(C)COC(C)=O. The maximum Gasteiger partial charge on any atom is 0.302 e. The van der Waals surface area contributed by atoms with Crippen molar-refractivity contribution in [1.82, 2.24) is 21.3 Å². The predicted octanol–water partition coefficient (Wildman–Crippen LogP) is -0.487. The Morgan fingerprint density at radius 3 is 1.26 bits per heavy atom. The van der Waals surface area contributed by atoms with Crippen LogP contribution in [0.3, 0.4) is 0 Å². The van der Waals surface area contributed by atoms with Gasteiger partial charge in [0.2, 0.25) is 23.6 Å². The van der Waals surface area contributed by atoms with Gasteiger partial charge in [0.1, 0.15) is 12.2 Å². The van der Waals surface area contributed by atoms with Gasteiger partial charge >= 0.3 is 11.9 Å². The van der Waals surface area contributed by atoms with E-state index in [0.29, 0.717) is 24.6 Å². The molecule has 0 spiro atoms. The highest BCUT2D eigenvalue weighted by molar-refractivity contribution is 8.76. The fraction of sp³-hybridized carbons (Fsp3) is 0.769. The topological polar surface area (TPSA) is 209 Å². The third-order valence-electron chi connectivity index (χ3n) is 5.67. The molecule has 42 heavy (non-hydrogen) atoms. The number of hydrogen-bond donors (Lipinski definition) is 6. The minimum atomic E-state index is -1.41. The molecule has 0 aromatic rings. The molecule has 16 heteroatoms. The maximum absolute atomic E-state index is 12.1. The molecule has 0 fully saturated rings. The van der Waals surface area contributed by atoms with E-state index in [4.69, 9.17) is 9.47 Å². The van der Waals surface area contributed by atoms with E-state index < -0.39 is 46.8 Å². The molecule has 2 atom stereocenters. The Morgan fingerprint density at radius 1 is 0.619 bits per heavy atom. The Balaban J connectivity index is 3.89. The number of aliphatic hydroxyl groups is 2. The molecule has 0 aliphatic rings. The minimum absolute atomic E-state index is 0.0398. The van der Waals surface area contributed by atoms with Crippen LogP contribution in [0.5, 0.6) is 0 Å². The number of ether oxygens (including phenoxy) is 2. The fourth-order valence-electron chi connectivity index (χ4n) is 2.99. The number of hydrogen-bond acceptors (Lipinski definition) is 12. The van der Waals surface area contributed by atoms with E-state index in [1.54, 1.807) is 27.7 Å². The Morgan fingerprint density at radius 2 is 0.952 bits per heavy atom. The van der Waals surface area contributed by atoms with Crippen LogP contribution in [0, 0.1) is 10.8 Å². The number of esters is 2. The van der Waals surface area contributed by atoms with Gasteiger partial charge in [0.25, 0.3) is 0 Å². The van der Waals surface area contributed by atoms with Gasteiger partial charge in [0.15, 0.2) is 0 Å². The van der Waals surface area contributed by atoms with Crippen molar-refractivity contribution in [1.29, 1.82) is 0 Å². The van der Waals surface area contributed by atoms with Crippen molar-refractivity contribution in [2.24, 2.45) is 10.8 Å². The van der Waals surface area contributed by atoms with Crippen LogP contribution in [0.1, 0.15) is 54.4 Å². The van der Waals surface area contributed by atoms with Gasteiger partial charge in [0.05, 0.1) is 13.2 Å². The molecule has 4 amide bonds. The minimum Gasteiger partial charge on any atom is -0.465 e. The molecule has 242 valence electrons. The van der Waals surface area contributed by atoms with E-state index in [9.17, 15) is 39.0 Å². The largest absolute Gasteiger partial charge is 0.465 e. The summed E-state index contributed by atoms with van der Waals surface area (Å²) in [5.41, 5.74) is -1.96. The molecule has 0 heterocycles. The standard InChI is InChI=1S/C26H46N4O10S2/c1-17(31)39-15-25(3,4)21(35)23(37)29-9-7-19(33)27-11-13-41-42-14-12-28-20(34)8-10-30-24(38)22(36)26(5,6)16-40-18(2)32/h21-22,35-36H,7-16H2,1-6H3,(H,27,33)(H,28,34)(H,29,37)(H,30,38)/t21-,22?/m0/s1. The summed E-state index contributed by atoms with van der Waals surface area (Å²) in [5.74, 6) is -1.58. The zero-order valence-corrected chi connectivity index (χ0v) is 26.8. The van der Waals surface area contributed by atoms with Gasteiger partial charge in [-0.25, -0.2) is 0 Å². The van der Waals surface area contributed by atoms with Gasteiger partial charge in [-0.05, 0) is 0 Å². The fourth-order valence-corrected chi connectivity index (χ4v) is 4.81. The van der Waals surface area contributed by atoms with Crippen LogP contribution in [0.15, 0.2) is 0 Å². The summed E-state index contributed by atoms with van der Waals surface area (Å²) in [6.07, 6.45) is -2.73. The number of rotatable bonds is 21. The van der Waals surface area contributed by atoms with Crippen LogP contribution in [0.2, 0.25) is 0 Å². The molecular formula is C26H46N4O10S2. The van der Waals surface area contributed by atoms with Gasteiger partial charge in [-0.1, -0.05) is 49.3 Å². The number of carbonyl (C=O) groups excluding carboxylic acids is 6. The van der Waals surface area contributed by atoms with Crippen LogP contribution in [0.4, 0.5) is 0 Å². The van der Waals surface area contributed by atoms with E-state index in [0.717, 1.165) is 0 Å². The summed E-state index contributed by atoms with van der Waals surface area (Å²) >= 11 is 0. The summed E-state index contributed by atoms with van der Waals surface area (Å²) < 4.78 is 9.74. The van der Waals surface area contributed by atoms with E-state index in [1.807, 2.05) is 0 Å². The summed E-state index contributed by atoms with van der Waals surface area (Å²) in [6, 6.07) is 0. The second-order valence-corrected chi connectivity index (χ2v) is 13.5. The lowest BCUT2D eigenvalue weighted by Gasteiger charge is -2.28. The number of nitrogens with one attached hydrogen (secondary N) is 4. The maximum atomic E-state index is 12.1. The lowest BCUT2D eigenvalue weighted by atomic mass is 9.87. The number of aliphatic hydroxyl groups excluding tert-OH is 2. The second kappa shape index (κ2) is 20.4. The van der Waals surface area contributed by atoms with Crippen LogP contribution in [-0.2, 0) is 38.2 Å². The van der Waals surface area contributed by atoms with Crippen LogP contribution >= 0.6 is 21.6 Å². The van der Waals surface area contributed by atoms with E-state index in [1.165, 1.54) is 35.4 Å². The first-order valence-electron chi connectivity index (χ1n) is 13.5. The van der Waals surface area contributed by atoms with Gasteiger partial charge in [-0.15, -0.1) is 0 Å². The first kappa shape index (κ1) is 39.4. The predicted molar refractivity (Wildman–Crippen MR) is 159 cm³/mol. The van der Waals surface area contributed by atoms with Crippen LogP contribution in [0.25, 0.3) is 0 Å². The number of amides is 4. The lowest BCUT2D eigenvalue weighted by molar-refractivity contribution is -0.151. The molecule has 0 aliphatic heterocycles. The molecule has 0 aliphatic carbocycles. The zero-order chi connectivity index (χ0) is 32.3. The molecule has 6 N–H and O–H groups in total. The Hall–Kier alpha value is -2.56. The Labute approximate surface area is 254 Å². The van der Waals surface area contributed by atoms with Crippen molar-refractivity contribution < 1.29 is 48.5 Å². The van der Waals surface area contributed by atoms with E-state index >= 15 is 0 Å². The molecule has 1 unspecified atom stereocenters. The highest BCUT2D eigenvalue weighted by atomic mass is 33.1. The quantitative estimate of drug-likeness (QED) is 0.0535. The van der Waals surface area contributed by atoms with Crippen LogP contribution < -0.4 is 21.3 Å². The average Bonchev–Trinajstić information content (AvgIpc) is 2.91. The van der Waals surface area contributed by atoms with E-state index in [2.05, 4.69) is 21.3 Å². The van der Waals surface area contributed by atoms with E-state index in [-0.39, 0.29) is 51.0 Å². The molecule has 0 bridgehead atoms. The highest BCUT2D eigenvalue weighted by Gasteiger charge is 2.35. The summed E-state index contributed by atoms with van der Waals surface area (Å²) in [4.78, 5) is 70.0. The van der Waals surface area contributed by atoms with Gasteiger partial charge < -0.3 is 41.0 Å². The van der Waals surface area contributed by atoms with Crippen molar-refractivity contribution in [3.8, 4) is 0 Å². The molecule has 0 rings (SSSR count). The smallest absolute Gasteiger partial charge is 0.302 e. The highest BCUT2D eigenvalue weighted by Crippen LogP contribution is 2.22. The first-order chi connectivity index (χ1) is 19.5. The molecular weight excluding hydrogens is 592 g/mol. The van der Waals surface area contributed by atoms with Crippen molar-refractivity contribution >= 4 is 57.2 Å². The summed E-state index contributed by atoms with van der Waals surface area (Å²) in [6.45, 7) is 9.52. The van der Waals surface area contributed by atoms with Crippen molar-refractivity contribution in [2.45, 2.75) is 66.6 Å².